The average Bonchev–Trinajstić information content (AvgIpc) is 3.21. The molecule has 4 saturated carbocycles. The summed E-state index contributed by atoms with van der Waals surface area (Å²) in [4.78, 5) is 10.5. The molecule has 2 heteroatoms. The second kappa shape index (κ2) is 11.5. The van der Waals surface area contributed by atoms with Crippen molar-refractivity contribution in [1.82, 2.24) is 0 Å². The van der Waals surface area contributed by atoms with E-state index in [0.29, 0.717) is 22.5 Å². The molecular formula is C34H56O2. The number of carbonyl (C=O) groups excluding carboxylic acids is 1. The van der Waals surface area contributed by atoms with Gasteiger partial charge < -0.3 is 5.11 Å². The lowest BCUT2D eigenvalue weighted by atomic mass is 9.47. The minimum Gasteiger partial charge on any atom is -0.393 e. The molecule has 0 spiro atoms. The Morgan fingerprint density at radius 1 is 1.03 bits per heavy atom. The summed E-state index contributed by atoms with van der Waals surface area (Å²) in [5, 5.41) is 10.2. The number of ketones is 1. The summed E-state index contributed by atoms with van der Waals surface area (Å²) in [5.74, 6) is 5.49. The van der Waals surface area contributed by atoms with Crippen LogP contribution >= 0.6 is 0 Å². The number of carbonyl (C=O) groups is 1. The minimum atomic E-state index is -0.0861. The van der Waals surface area contributed by atoms with Gasteiger partial charge in [-0.05, 0) is 123 Å². The van der Waals surface area contributed by atoms with Crippen molar-refractivity contribution in [3.8, 4) is 0 Å². The largest absolute Gasteiger partial charge is 0.393 e. The van der Waals surface area contributed by atoms with Crippen molar-refractivity contribution in [2.45, 2.75) is 137 Å². The van der Waals surface area contributed by atoms with E-state index < -0.39 is 0 Å². The lowest BCUT2D eigenvalue weighted by Crippen LogP contribution is -2.50. The van der Waals surface area contributed by atoms with Gasteiger partial charge in [0.05, 0.1) is 6.10 Å². The van der Waals surface area contributed by atoms with Gasteiger partial charge in [0, 0.05) is 12.8 Å². The molecule has 0 unspecified atom stereocenters. The fourth-order valence-electron chi connectivity index (χ4n) is 9.47. The smallest absolute Gasteiger partial charge is 0.132 e. The third-order valence-corrected chi connectivity index (χ3v) is 12.0. The van der Waals surface area contributed by atoms with Gasteiger partial charge in [-0.1, -0.05) is 64.8 Å². The zero-order chi connectivity index (χ0) is 26.1. The zero-order valence-electron chi connectivity index (χ0n) is 24.3. The van der Waals surface area contributed by atoms with Gasteiger partial charge in [0.25, 0.3) is 0 Å². The summed E-state index contributed by atoms with van der Waals surface area (Å²) in [6, 6.07) is 0. The van der Waals surface area contributed by atoms with Gasteiger partial charge >= 0.3 is 0 Å². The predicted octanol–water partition coefficient (Wildman–Crippen LogP) is 9.07. The highest BCUT2D eigenvalue weighted by atomic mass is 16.3. The van der Waals surface area contributed by atoms with Gasteiger partial charge in [0.15, 0.2) is 0 Å². The van der Waals surface area contributed by atoms with Crippen molar-refractivity contribution in [2.75, 3.05) is 0 Å². The quantitative estimate of drug-likeness (QED) is 0.385. The second-order valence-corrected chi connectivity index (χ2v) is 14.3. The average molecular weight is 497 g/mol. The van der Waals surface area contributed by atoms with Crippen molar-refractivity contribution in [3.63, 3.8) is 0 Å². The molecule has 4 fully saturated rings. The predicted molar refractivity (Wildman–Crippen MR) is 152 cm³/mol. The van der Waals surface area contributed by atoms with Crippen LogP contribution in [0.15, 0.2) is 23.8 Å². The first-order valence-corrected chi connectivity index (χ1v) is 15.6. The van der Waals surface area contributed by atoms with E-state index in [2.05, 4.69) is 47.3 Å². The van der Waals surface area contributed by atoms with Crippen LogP contribution in [0.25, 0.3) is 0 Å². The Bertz CT molecular complexity index is 815. The molecule has 204 valence electrons. The maximum absolute atomic E-state index is 10.5. The number of aliphatic hydroxyl groups excluding tert-OH is 1. The Kier molecular flexibility index (Phi) is 8.96. The van der Waals surface area contributed by atoms with Crippen LogP contribution in [-0.2, 0) is 4.79 Å². The van der Waals surface area contributed by atoms with Crippen LogP contribution in [0.5, 0.6) is 0 Å². The monoisotopic (exact) mass is 496 g/mol. The number of hydrogen-bond donors (Lipinski definition) is 1. The van der Waals surface area contributed by atoms with Crippen LogP contribution in [0.2, 0.25) is 0 Å². The van der Waals surface area contributed by atoms with Gasteiger partial charge in [-0.15, -0.1) is 0 Å². The van der Waals surface area contributed by atoms with Crippen LogP contribution in [0.1, 0.15) is 131 Å². The van der Waals surface area contributed by atoms with E-state index in [9.17, 15) is 9.90 Å². The molecule has 0 amide bonds. The van der Waals surface area contributed by atoms with Crippen LogP contribution in [0.3, 0.4) is 0 Å². The lowest BCUT2D eigenvalue weighted by Gasteiger charge is -2.58. The summed E-state index contributed by atoms with van der Waals surface area (Å²) in [6.07, 6.45) is 20.5. The van der Waals surface area contributed by atoms with E-state index in [4.69, 9.17) is 0 Å². The standard InChI is InChI=1S/C28H46O.C6H10O/c1-18(2)19(3)7-8-20(4)24-11-12-25-23-10-9-21-17-22(29)13-15-27(21,5)26(23)14-16-28(24,25)6;7-6-4-2-1-3-5-6/h9,18,20,22-26,29H,3,7-8,10-17H2,1-2,4-6H3;1-5H2/t20-,22+,23+,24-,25+,26+,27+,28-;/m1./s1. The van der Waals surface area contributed by atoms with Crippen molar-refractivity contribution in [2.24, 2.45) is 46.3 Å². The molecule has 5 aliphatic rings. The molecule has 1 N–H and O–H groups in total. The molecule has 0 radical (unpaired) electrons. The Hall–Kier alpha value is -0.890. The van der Waals surface area contributed by atoms with E-state index in [1.165, 1.54) is 63.4 Å². The number of aliphatic hydroxyl groups is 1. The number of allylic oxidation sites excluding steroid dienone is 2. The Morgan fingerprint density at radius 3 is 2.39 bits per heavy atom. The Labute approximate surface area is 222 Å². The fraction of sp³-hybridized carbons (Fsp3) is 0.853. The minimum absolute atomic E-state index is 0.0861. The first-order chi connectivity index (χ1) is 17.1. The number of fused-ring (bicyclic) bond motifs is 5. The molecule has 8 atom stereocenters. The summed E-state index contributed by atoms with van der Waals surface area (Å²) < 4.78 is 0. The van der Waals surface area contributed by atoms with E-state index in [1.54, 1.807) is 5.57 Å². The van der Waals surface area contributed by atoms with Crippen LogP contribution < -0.4 is 0 Å². The van der Waals surface area contributed by atoms with Gasteiger partial charge in [0.1, 0.15) is 5.78 Å². The molecule has 5 aliphatic carbocycles. The zero-order valence-corrected chi connectivity index (χ0v) is 24.3. The number of Topliss-reactive ketones (excluding diaryl/α,β-unsaturated/α-hetero) is 1. The Morgan fingerprint density at radius 2 is 1.75 bits per heavy atom. The van der Waals surface area contributed by atoms with Crippen LogP contribution in [0.4, 0.5) is 0 Å². The topological polar surface area (TPSA) is 37.3 Å². The summed E-state index contributed by atoms with van der Waals surface area (Å²) >= 11 is 0. The molecule has 5 rings (SSSR count). The van der Waals surface area contributed by atoms with Crippen molar-refractivity contribution >= 4 is 5.78 Å². The molecular weight excluding hydrogens is 440 g/mol. The first-order valence-electron chi connectivity index (χ1n) is 15.6. The normalized spacial score (nSPS) is 40.8. The SMILES string of the molecule is C=C(CC[C@@H](C)[C@H]1CC[C@H]2[C@@H]3CC=C4C[C@@H](O)CC[C@]4(C)[C@H]3CC[C@]12C)C(C)C.O=C1CCCCC1. The van der Waals surface area contributed by atoms with E-state index in [1.807, 2.05) is 0 Å². The number of hydrogen-bond acceptors (Lipinski definition) is 2. The summed E-state index contributed by atoms with van der Waals surface area (Å²) in [5.41, 5.74) is 3.98. The molecule has 0 aliphatic heterocycles. The molecule has 36 heavy (non-hydrogen) atoms. The fourth-order valence-corrected chi connectivity index (χ4v) is 9.47. The van der Waals surface area contributed by atoms with Gasteiger partial charge in [0.2, 0.25) is 0 Å². The lowest BCUT2D eigenvalue weighted by molar-refractivity contribution is -0.120. The van der Waals surface area contributed by atoms with Crippen molar-refractivity contribution < 1.29 is 9.90 Å². The number of rotatable bonds is 5. The van der Waals surface area contributed by atoms with Crippen LogP contribution in [0, 0.1) is 46.3 Å². The molecule has 0 heterocycles. The van der Waals surface area contributed by atoms with Gasteiger partial charge in [-0.3, -0.25) is 4.79 Å². The van der Waals surface area contributed by atoms with Gasteiger partial charge in [-0.25, -0.2) is 0 Å². The molecule has 0 aromatic heterocycles. The molecule has 0 saturated heterocycles. The van der Waals surface area contributed by atoms with Gasteiger partial charge in [-0.2, -0.15) is 0 Å². The highest BCUT2D eigenvalue weighted by Gasteiger charge is 2.59. The van der Waals surface area contributed by atoms with E-state index >= 15 is 0 Å². The van der Waals surface area contributed by atoms with Crippen molar-refractivity contribution in [1.29, 1.82) is 0 Å². The maximum atomic E-state index is 10.5. The first kappa shape index (κ1) is 28.1. The maximum Gasteiger partial charge on any atom is 0.132 e. The highest BCUT2D eigenvalue weighted by Crippen LogP contribution is 2.67. The second-order valence-electron chi connectivity index (χ2n) is 14.3. The van der Waals surface area contributed by atoms with Crippen LogP contribution in [-0.4, -0.2) is 17.0 Å². The Balaban J connectivity index is 0.000000375. The molecule has 2 nitrogen and oxygen atoms in total. The summed E-state index contributed by atoms with van der Waals surface area (Å²) in [6.45, 7) is 16.7. The summed E-state index contributed by atoms with van der Waals surface area (Å²) in [7, 11) is 0. The third-order valence-electron chi connectivity index (χ3n) is 12.0. The third kappa shape index (κ3) is 5.60. The van der Waals surface area contributed by atoms with Crippen molar-refractivity contribution in [3.05, 3.63) is 23.8 Å². The molecule has 0 aromatic carbocycles. The van der Waals surface area contributed by atoms with E-state index in [-0.39, 0.29) is 6.10 Å². The highest BCUT2D eigenvalue weighted by molar-refractivity contribution is 5.78. The molecule has 0 bridgehead atoms. The van der Waals surface area contributed by atoms with E-state index in [0.717, 1.165) is 68.1 Å². The molecule has 0 aromatic rings.